The predicted molar refractivity (Wildman–Crippen MR) is 185 cm³/mol. The van der Waals surface area contributed by atoms with E-state index in [9.17, 15) is 14.4 Å². The number of carbonyl (C=O) groups excluding carboxylic acids is 2. The minimum Gasteiger partial charge on any atom is -0.493 e. The first-order chi connectivity index (χ1) is 22.5. The van der Waals surface area contributed by atoms with Crippen LogP contribution in [0.2, 0.25) is 0 Å². The van der Waals surface area contributed by atoms with Crippen molar-refractivity contribution in [3.8, 4) is 5.75 Å². The average molecular weight is 642 g/mol. The van der Waals surface area contributed by atoms with E-state index < -0.39 is 5.41 Å². The second kappa shape index (κ2) is 14.5. The lowest BCUT2D eigenvalue weighted by atomic mass is 9.90. The van der Waals surface area contributed by atoms with Crippen molar-refractivity contribution in [1.29, 1.82) is 0 Å². The monoisotopic (exact) mass is 641 g/mol. The lowest BCUT2D eigenvalue weighted by Crippen LogP contribution is -2.47. The van der Waals surface area contributed by atoms with Gasteiger partial charge in [0.1, 0.15) is 22.5 Å². The number of hydrogen-bond acceptors (Lipinski definition) is 7. The summed E-state index contributed by atoms with van der Waals surface area (Å²) in [5.41, 5.74) is 3.08. The predicted octanol–water partition coefficient (Wildman–Crippen LogP) is 5.97. The zero-order chi connectivity index (χ0) is 33.7. The van der Waals surface area contributed by atoms with E-state index >= 15 is 0 Å². The van der Waals surface area contributed by atoms with Gasteiger partial charge >= 0.3 is 0 Å². The van der Waals surface area contributed by atoms with Gasteiger partial charge in [0.25, 0.3) is 5.56 Å². The number of amides is 2. The lowest BCUT2D eigenvalue weighted by molar-refractivity contribution is -0.137. The molecule has 1 aliphatic heterocycles. The molecule has 1 aromatic carbocycles. The Morgan fingerprint density at radius 2 is 1.79 bits per heavy atom. The summed E-state index contributed by atoms with van der Waals surface area (Å²) in [7, 11) is 1.71. The summed E-state index contributed by atoms with van der Waals surface area (Å²) >= 11 is 0. The van der Waals surface area contributed by atoms with E-state index in [1.807, 2.05) is 50.4 Å². The highest BCUT2D eigenvalue weighted by molar-refractivity contribution is 6.20. The summed E-state index contributed by atoms with van der Waals surface area (Å²) in [5, 5.41) is 0.599. The first-order valence-corrected chi connectivity index (χ1v) is 16.7. The number of hydrogen-bond donors (Lipinski definition) is 0. The molecular weight excluding hydrogens is 594 g/mol. The van der Waals surface area contributed by atoms with Crippen molar-refractivity contribution in [1.82, 2.24) is 14.5 Å². The molecule has 0 saturated carbocycles. The van der Waals surface area contributed by atoms with Crippen LogP contribution < -0.4 is 20.1 Å². The van der Waals surface area contributed by atoms with Crippen molar-refractivity contribution in [2.45, 2.75) is 73.4 Å². The zero-order valence-corrected chi connectivity index (χ0v) is 28.5. The van der Waals surface area contributed by atoms with E-state index in [-0.39, 0.29) is 17.4 Å². The molecule has 4 heterocycles. The van der Waals surface area contributed by atoms with E-state index in [0.29, 0.717) is 54.3 Å². The van der Waals surface area contributed by atoms with Crippen molar-refractivity contribution in [2.24, 2.45) is 5.41 Å². The van der Waals surface area contributed by atoms with Crippen LogP contribution >= 0.6 is 0 Å². The highest BCUT2D eigenvalue weighted by atomic mass is 16.5. The second-order valence-electron chi connectivity index (χ2n) is 12.8. The fraction of sp³-hybridized carbons (Fsp3) is 0.459. The molecular formula is C37H47N5O5. The molecule has 0 aliphatic carbocycles. The fourth-order valence-corrected chi connectivity index (χ4v) is 6.27. The molecule has 1 aliphatic rings. The number of aromatic nitrogens is 2. The van der Waals surface area contributed by atoms with Crippen molar-refractivity contribution in [3.63, 3.8) is 0 Å². The Morgan fingerprint density at radius 1 is 0.979 bits per heavy atom. The highest BCUT2D eigenvalue weighted by Crippen LogP contribution is 2.40. The third-order valence-electron chi connectivity index (χ3n) is 9.01. The molecule has 250 valence electrons. The number of nitrogens with zero attached hydrogens (tertiary/aromatic N) is 5. The van der Waals surface area contributed by atoms with Gasteiger partial charge in [-0.2, -0.15) is 0 Å². The first kappa shape index (κ1) is 33.9. The van der Waals surface area contributed by atoms with Crippen LogP contribution in [0.15, 0.2) is 64.1 Å². The van der Waals surface area contributed by atoms with Crippen LogP contribution in [0.1, 0.15) is 64.0 Å². The molecule has 47 heavy (non-hydrogen) atoms. The molecule has 3 aromatic heterocycles. The van der Waals surface area contributed by atoms with Gasteiger partial charge in [-0.05, 0) is 82.9 Å². The van der Waals surface area contributed by atoms with Gasteiger partial charge in [-0.15, -0.1) is 0 Å². The maximum Gasteiger partial charge on any atom is 0.261 e. The third-order valence-corrected chi connectivity index (χ3v) is 9.01. The molecule has 5 rings (SSSR count). The maximum absolute atomic E-state index is 13.2. The molecule has 0 radical (unpaired) electrons. The van der Waals surface area contributed by atoms with E-state index in [1.165, 1.54) is 5.56 Å². The number of fused-ring (bicyclic) bond motifs is 2. The molecule has 0 atom stereocenters. The van der Waals surface area contributed by atoms with Crippen molar-refractivity contribution in [2.75, 3.05) is 43.1 Å². The van der Waals surface area contributed by atoms with E-state index in [0.717, 1.165) is 50.2 Å². The molecule has 2 amide bonds. The Balaban J connectivity index is 1.29. The molecule has 0 saturated heterocycles. The van der Waals surface area contributed by atoms with Crippen molar-refractivity contribution in [3.05, 3.63) is 82.2 Å². The summed E-state index contributed by atoms with van der Waals surface area (Å²) in [6.45, 7) is 12.9. The molecule has 10 heteroatoms. The lowest BCUT2D eigenvalue weighted by Gasteiger charge is -2.27. The smallest absolute Gasteiger partial charge is 0.261 e. The fourth-order valence-electron chi connectivity index (χ4n) is 6.27. The van der Waals surface area contributed by atoms with Crippen LogP contribution in [0.3, 0.4) is 0 Å². The van der Waals surface area contributed by atoms with Gasteiger partial charge in [0, 0.05) is 63.9 Å². The Labute approximate surface area is 276 Å². The largest absolute Gasteiger partial charge is 0.493 e. The SMILES string of the molecule is CCCCc1ncccc1CN(CCCOc1ccc2c(c1)N(C)C(=O)C(C)(C)C(=O)N2CC)CCn1ccc2oc(C)cc2c1=O. The van der Waals surface area contributed by atoms with E-state index in [2.05, 4.69) is 22.9 Å². The average Bonchev–Trinajstić information content (AvgIpc) is 3.44. The summed E-state index contributed by atoms with van der Waals surface area (Å²) in [5.74, 6) is 0.906. The molecule has 10 nitrogen and oxygen atoms in total. The summed E-state index contributed by atoms with van der Waals surface area (Å²) < 4.78 is 13.6. The Morgan fingerprint density at radius 3 is 2.55 bits per heavy atom. The standard InChI is InChI=1S/C37H47N5O5/c1-7-9-13-30-27(12-10-17-38-30)25-40(20-21-41-19-16-33-29(34(41)43)23-26(3)47-33)18-11-22-46-28-14-15-31-32(24-28)39(6)35(44)37(4,5)36(45)42(31)8-2/h10,12,14-17,19,23-24H,7-9,11,13,18,20-22,25H2,1-6H3. The molecule has 0 unspecified atom stereocenters. The Bertz CT molecular complexity index is 1790. The van der Waals surface area contributed by atoms with Gasteiger partial charge in [0.15, 0.2) is 0 Å². The van der Waals surface area contributed by atoms with Gasteiger partial charge in [-0.1, -0.05) is 19.4 Å². The first-order valence-electron chi connectivity index (χ1n) is 16.7. The van der Waals surface area contributed by atoms with Gasteiger partial charge in [0.2, 0.25) is 11.8 Å². The number of furan rings is 1. The number of pyridine rings is 2. The van der Waals surface area contributed by atoms with Gasteiger partial charge in [-0.3, -0.25) is 24.3 Å². The van der Waals surface area contributed by atoms with Crippen LogP contribution in [0.4, 0.5) is 11.4 Å². The van der Waals surface area contributed by atoms with Crippen LogP contribution in [0, 0.1) is 12.3 Å². The molecule has 0 fully saturated rings. The van der Waals surface area contributed by atoms with Crippen LogP contribution in [-0.2, 0) is 29.1 Å². The minimum atomic E-state index is -1.16. The normalized spacial score (nSPS) is 14.6. The number of rotatable bonds is 14. The highest BCUT2D eigenvalue weighted by Gasteiger charge is 2.45. The van der Waals surface area contributed by atoms with Crippen molar-refractivity contribution < 1.29 is 18.7 Å². The molecule has 0 spiro atoms. The maximum atomic E-state index is 13.2. The Kier molecular flexibility index (Phi) is 10.5. The molecule has 0 N–H and O–H groups in total. The van der Waals surface area contributed by atoms with Crippen LogP contribution in [-0.4, -0.2) is 59.6 Å². The summed E-state index contributed by atoms with van der Waals surface area (Å²) in [4.78, 5) is 49.9. The number of aryl methyl sites for hydroxylation is 2. The zero-order valence-electron chi connectivity index (χ0n) is 28.5. The quantitative estimate of drug-likeness (QED) is 0.124. The Hall–Kier alpha value is -4.44. The summed E-state index contributed by atoms with van der Waals surface area (Å²) in [6, 6.07) is 13.4. The number of carbonyl (C=O) groups is 2. The van der Waals surface area contributed by atoms with Crippen LogP contribution in [0.5, 0.6) is 5.75 Å². The summed E-state index contributed by atoms with van der Waals surface area (Å²) in [6.07, 6.45) is 7.54. The number of unbranched alkanes of at least 4 members (excludes halogenated alkanes) is 1. The van der Waals surface area contributed by atoms with Gasteiger partial charge in [-0.25, -0.2) is 0 Å². The van der Waals surface area contributed by atoms with Gasteiger partial charge in [0.05, 0.1) is 23.4 Å². The number of ether oxygens (including phenoxy) is 1. The van der Waals surface area contributed by atoms with Crippen molar-refractivity contribution >= 4 is 34.2 Å². The second-order valence-corrected chi connectivity index (χ2v) is 12.8. The third kappa shape index (κ3) is 7.27. The van der Waals surface area contributed by atoms with E-state index in [4.69, 9.17) is 9.15 Å². The number of anilines is 2. The molecule has 4 aromatic rings. The van der Waals surface area contributed by atoms with Crippen LogP contribution in [0.25, 0.3) is 11.0 Å². The molecule has 0 bridgehead atoms. The topological polar surface area (TPSA) is 101 Å². The van der Waals surface area contributed by atoms with Gasteiger partial charge < -0.3 is 23.5 Å². The van der Waals surface area contributed by atoms with E-state index in [1.54, 1.807) is 47.5 Å². The minimum absolute atomic E-state index is 0.0500. The number of benzene rings is 1.